The lowest BCUT2D eigenvalue weighted by atomic mass is 9.51. The Morgan fingerprint density at radius 2 is 2.27 bits per heavy atom. The van der Waals surface area contributed by atoms with E-state index in [1.807, 2.05) is 6.92 Å². The van der Waals surface area contributed by atoms with Crippen molar-refractivity contribution in [2.24, 2.45) is 5.41 Å². The molecule has 0 radical (unpaired) electrons. The second kappa shape index (κ2) is 5.49. The molecule has 3 rings (SSSR count). The van der Waals surface area contributed by atoms with E-state index in [9.17, 15) is 18.0 Å². The van der Waals surface area contributed by atoms with Crippen molar-refractivity contribution in [2.45, 2.75) is 50.9 Å². The maximum atomic E-state index is 12.8. The zero-order valence-electron chi connectivity index (χ0n) is 12.1. The lowest BCUT2D eigenvalue weighted by Crippen LogP contribution is -2.67. The number of alkyl halides is 3. The summed E-state index contributed by atoms with van der Waals surface area (Å²) in [7, 11) is 0. The van der Waals surface area contributed by atoms with Gasteiger partial charge in [0.25, 0.3) is 5.91 Å². The molecule has 2 aliphatic rings. The third-order valence-electron chi connectivity index (χ3n) is 4.78. The highest BCUT2D eigenvalue weighted by Gasteiger charge is 2.59. The first-order valence-electron chi connectivity index (χ1n) is 7.31. The molecule has 0 saturated heterocycles. The molecule has 2 saturated carbocycles. The highest BCUT2D eigenvalue weighted by atomic mass is 32.1. The molecule has 2 aliphatic carbocycles. The molecule has 1 aromatic rings. The van der Waals surface area contributed by atoms with Gasteiger partial charge in [-0.1, -0.05) is 6.42 Å². The number of nitrogens with zero attached hydrogens (tertiary/aromatic N) is 1. The van der Waals surface area contributed by atoms with Crippen LogP contribution in [0.1, 0.15) is 48.0 Å². The van der Waals surface area contributed by atoms with Crippen molar-refractivity contribution in [1.82, 2.24) is 10.3 Å². The number of hydrogen-bond acceptors (Lipinski definition) is 4. The monoisotopic (exact) mass is 334 g/mol. The van der Waals surface area contributed by atoms with Crippen molar-refractivity contribution < 1.29 is 22.7 Å². The Hall–Kier alpha value is -1.15. The van der Waals surface area contributed by atoms with E-state index in [2.05, 4.69) is 10.3 Å². The molecule has 0 bridgehead atoms. The number of nitrogens with one attached hydrogen (secondary N) is 1. The summed E-state index contributed by atoms with van der Waals surface area (Å²) in [4.78, 5) is 14.8. The van der Waals surface area contributed by atoms with Crippen molar-refractivity contribution in [3.8, 4) is 0 Å². The number of ether oxygens (including phenoxy) is 1. The van der Waals surface area contributed by atoms with Crippen molar-refractivity contribution in [3.05, 3.63) is 16.1 Å². The van der Waals surface area contributed by atoms with Gasteiger partial charge in [-0.3, -0.25) is 4.79 Å². The molecule has 1 N–H and O–H groups in total. The van der Waals surface area contributed by atoms with E-state index in [1.54, 1.807) is 0 Å². The van der Waals surface area contributed by atoms with Gasteiger partial charge in [0, 0.05) is 18.1 Å². The SMILES string of the molecule is CCO[C@@H]1C[C@@H](NC(=O)c2ncsc2C(F)(F)F)C12CCC2. The van der Waals surface area contributed by atoms with Crippen LogP contribution in [0.5, 0.6) is 0 Å². The van der Waals surface area contributed by atoms with E-state index in [4.69, 9.17) is 4.74 Å². The van der Waals surface area contributed by atoms with Gasteiger partial charge in [0.15, 0.2) is 5.69 Å². The first-order valence-corrected chi connectivity index (χ1v) is 8.19. The van der Waals surface area contributed by atoms with Crippen LogP contribution in [-0.2, 0) is 10.9 Å². The largest absolute Gasteiger partial charge is 0.427 e. The number of halogens is 3. The standard InChI is InChI=1S/C14H17F3N2O2S/c1-2-21-9-6-8(13(9)4-3-5-13)19-12(20)10-11(14(15,16)17)22-7-18-10/h7-9H,2-6H2,1H3,(H,19,20)/t8-,9-/m1/s1. The Labute approximate surface area is 130 Å². The van der Waals surface area contributed by atoms with Crippen LogP contribution in [0, 0.1) is 5.41 Å². The molecular weight excluding hydrogens is 317 g/mol. The smallest absolute Gasteiger partial charge is 0.378 e. The summed E-state index contributed by atoms with van der Waals surface area (Å²) in [5.74, 6) is -0.736. The fourth-order valence-corrected chi connectivity index (χ4v) is 4.13. The van der Waals surface area contributed by atoms with E-state index < -0.39 is 22.7 Å². The summed E-state index contributed by atoms with van der Waals surface area (Å²) in [6.07, 6.45) is -0.812. The summed E-state index contributed by atoms with van der Waals surface area (Å²) < 4.78 is 44.2. The van der Waals surface area contributed by atoms with Crippen molar-refractivity contribution in [1.29, 1.82) is 0 Å². The van der Waals surface area contributed by atoms with Gasteiger partial charge in [-0.2, -0.15) is 13.2 Å². The second-order valence-electron chi connectivity index (χ2n) is 5.82. The van der Waals surface area contributed by atoms with Crippen LogP contribution in [0.3, 0.4) is 0 Å². The average Bonchev–Trinajstić information content (AvgIpc) is 2.84. The number of aromatic nitrogens is 1. The normalized spacial score (nSPS) is 26.4. The van der Waals surface area contributed by atoms with Crippen molar-refractivity contribution in [2.75, 3.05) is 6.61 Å². The molecule has 0 unspecified atom stereocenters. The lowest BCUT2D eigenvalue weighted by Gasteiger charge is -2.60. The first kappa shape index (κ1) is 15.7. The molecule has 122 valence electrons. The van der Waals surface area contributed by atoms with Crippen LogP contribution in [0.2, 0.25) is 0 Å². The molecular formula is C14H17F3N2O2S. The molecule has 1 amide bonds. The third kappa shape index (κ3) is 2.42. The molecule has 8 heteroatoms. The Balaban J connectivity index is 1.70. The minimum atomic E-state index is -4.55. The Morgan fingerprint density at radius 1 is 1.55 bits per heavy atom. The average molecular weight is 334 g/mol. The molecule has 22 heavy (non-hydrogen) atoms. The second-order valence-corrected chi connectivity index (χ2v) is 6.68. The minimum absolute atomic E-state index is 0.0832. The van der Waals surface area contributed by atoms with Gasteiger partial charge in [-0.05, 0) is 26.2 Å². The van der Waals surface area contributed by atoms with Gasteiger partial charge in [0.2, 0.25) is 0 Å². The summed E-state index contributed by atoms with van der Waals surface area (Å²) in [6.45, 7) is 2.53. The molecule has 0 aromatic carbocycles. The summed E-state index contributed by atoms with van der Waals surface area (Å²) in [5, 5.41) is 2.74. The summed E-state index contributed by atoms with van der Waals surface area (Å²) >= 11 is 0.444. The first-order chi connectivity index (χ1) is 10.4. The van der Waals surface area contributed by atoms with Gasteiger partial charge in [0.1, 0.15) is 4.88 Å². The van der Waals surface area contributed by atoms with Gasteiger partial charge in [-0.15, -0.1) is 11.3 Å². The van der Waals surface area contributed by atoms with Crippen LogP contribution >= 0.6 is 11.3 Å². The lowest BCUT2D eigenvalue weighted by molar-refractivity contribution is -0.169. The van der Waals surface area contributed by atoms with Gasteiger partial charge < -0.3 is 10.1 Å². The molecule has 2 fully saturated rings. The van der Waals surface area contributed by atoms with Crippen LogP contribution in [0.25, 0.3) is 0 Å². The van der Waals surface area contributed by atoms with Crippen LogP contribution in [0.15, 0.2) is 5.51 Å². The number of thiazole rings is 1. The number of hydrogen-bond donors (Lipinski definition) is 1. The van der Waals surface area contributed by atoms with Gasteiger partial charge in [-0.25, -0.2) is 4.98 Å². The van der Waals surface area contributed by atoms with Crippen LogP contribution in [-0.4, -0.2) is 29.6 Å². The highest BCUT2D eigenvalue weighted by molar-refractivity contribution is 7.10. The third-order valence-corrected chi connectivity index (χ3v) is 5.65. The molecule has 0 aliphatic heterocycles. The fraction of sp³-hybridized carbons (Fsp3) is 0.714. The fourth-order valence-electron chi connectivity index (χ4n) is 3.48. The maximum Gasteiger partial charge on any atom is 0.427 e. The number of rotatable bonds is 4. The van der Waals surface area contributed by atoms with Gasteiger partial charge in [0.05, 0.1) is 11.6 Å². The predicted octanol–water partition coefficient (Wildman–Crippen LogP) is 3.24. The summed E-state index contributed by atoms with van der Waals surface area (Å²) in [5.41, 5.74) is 0.451. The maximum absolute atomic E-state index is 12.8. The zero-order chi connectivity index (χ0) is 16.0. The van der Waals surface area contributed by atoms with E-state index in [-0.39, 0.29) is 17.6 Å². The quantitative estimate of drug-likeness (QED) is 0.920. The van der Waals surface area contributed by atoms with E-state index in [0.717, 1.165) is 24.8 Å². The summed E-state index contributed by atoms with van der Waals surface area (Å²) in [6, 6.07) is -0.118. The number of carbonyl (C=O) groups excluding carboxylic acids is 1. The molecule has 1 spiro atoms. The zero-order valence-corrected chi connectivity index (χ0v) is 12.9. The number of amides is 1. The van der Waals surface area contributed by atoms with Crippen LogP contribution in [0.4, 0.5) is 13.2 Å². The predicted molar refractivity (Wildman–Crippen MR) is 74.7 cm³/mol. The van der Waals surface area contributed by atoms with E-state index in [1.165, 1.54) is 0 Å². The molecule has 2 atom stereocenters. The Bertz CT molecular complexity index is 569. The van der Waals surface area contributed by atoms with Crippen LogP contribution < -0.4 is 5.32 Å². The van der Waals surface area contributed by atoms with Crippen molar-refractivity contribution in [3.63, 3.8) is 0 Å². The highest BCUT2D eigenvalue weighted by Crippen LogP contribution is 2.57. The minimum Gasteiger partial charge on any atom is -0.378 e. The van der Waals surface area contributed by atoms with E-state index >= 15 is 0 Å². The van der Waals surface area contributed by atoms with E-state index in [0.29, 0.717) is 24.4 Å². The molecule has 1 aromatic heterocycles. The van der Waals surface area contributed by atoms with Gasteiger partial charge >= 0.3 is 6.18 Å². The van der Waals surface area contributed by atoms with Crippen molar-refractivity contribution >= 4 is 17.2 Å². The number of carbonyl (C=O) groups is 1. The molecule has 1 heterocycles. The topological polar surface area (TPSA) is 51.2 Å². The Kier molecular flexibility index (Phi) is 3.92. The molecule has 4 nitrogen and oxygen atoms in total. The Morgan fingerprint density at radius 3 is 2.82 bits per heavy atom.